The normalized spacial score (nSPS) is 24.5. The number of sulfonamides is 1. The first-order valence-corrected chi connectivity index (χ1v) is 14.0. The summed E-state index contributed by atoms with van der Waals surface area (Å²) in [5.41, 5.74) is -0.157. The fourth-order valence-corrected chi connectivity index (χ4v) is 7.94. The van der Waals surface area contributed by atoms with Gasteiger partial charge in [-0.1, -0.05) is 11.6 Å². The standard InChI is InChI=1S/C26H29ClF2N2O3S/c27-19-6-8-22(9-7-19)35(33,34)31-23(18-14-20(28)16-21(29)15-18)4-3-5-24(31)26(10-11-26)17-25(32)30-12-1-2-13-30/h6-9,14-16,23-24H,1-5,10-13,17H2/t23-,24+/m0/s1. The smallest absolute Gasteiger partial charge is 0.243 e. The summed E-state index contributed by atoms with van der Waals surface area (Å²) in [6, 6.07) is 8.04. The first-order valence-electron chi connectivity index (χ1n) is 12.2. The Bertz CT molecular complexity index is 1190. The minimum atomic E-state index is -4.04. The van der Waals surface area contributed by atoms with Gasteiger partial charge in [0.2, 0.25) is 15.9 Å². The van der Waals surface area contributed by atoms with Crippen molar-refractivity contribution in [2.75, 3.05) is 13.1 Å². The van der Waals surface area contributed by atoms with E-state index in [1.165, 1.54) is 40.7 Å². The van der Waals surface area contributed by atoms with Crippen molar-refractivity contribution < 1.29 is 22.0 Å². The number of hydrogen-bond acceptors (Lipinski definition) is 3. The van der Waals surface area contributed by atoms with E-state index in [0.29, 0.717) is 36.3 Å². The molecular formula is C26H29ClF2N2O3S. The fourth-order valence-electron chi connectivity index (χ4n) is 5.86. The third-order valence-corrected chi connectivity index (χ3v) is 9.97. The number of piperidine rings is 1. The molecule has 1 amide bonds. The first kappa shape index (κ1) is 24.7. The molecule has 3 aliphatic rings. The van der Waals surface area contributed by atoms with Crippen molar-refractivity contribution in [1.29, 1.82) is 0 Å². The number of benzene rings is 2. The second-order valence-electron chi connectivity index (χ2n) is 10.1. The van der Waals surface area contributed by atoms with Gasteiger partial charge < -0.3 is 4.90 Å². The molecule has 1 aliphatic carbocycles. The van der Waals surface area contributed by atoms with Gasteiger partial charge in [0, 0.05) is 36.6 Å². The zero-order valence-electron chi connectivity index (χ0n) is 19.4. The molecule has 9 heteroatoms. The van der Waals surface area contributed by atoms with Crippen LogP contribution >= 0.6 is 11.6 Å². The zero-order chi connectivity index (χ0) is 24.8. The van der Waals surface area contributed by atoms with Crippen LogP contribution in [0.15, 0.2) is 47.4 Å². The fraction of sp³-hybridized carbons (Fsp3) is 0.500. The average molecular weight is 523 g/mol. The largest absolute Gasteiger partial charge is 0.343 e. The molecule has 0 N–H and O–H groups in total. The number of halogens is 3. The van der Waals surface area contributed by atoms with Crippen molar-refractivity contribution in [3.05, 3.63) is 64.7 Å². The highest BCUT2D eigenvalue weighted by molar-refractivity contribution is 7.89. The SMILES string of the molecule is O=C(CC1([C@H]2CCC[C@@H](c3cc(F)cc(F)c3)N2S(=O)(=O)c2ccc(Cl)cc2)CC1)N1CCCC1. The van der Waals surface area contributed by atoms with Gasteiger partial charge in [0.1, 0.15) is 11.6 Å². The number of hydrogen-bond donors (Lipinski definition) is 0. The van der Waals surface area contributed by atoms with Crippen LogP contribution in [0, 0.1) is 17.0 Å². The third-order valence-electron chi connectivity index (χ3n) is 7.79. The molecule has 0 bridgehead atoms. The monoisotopic (exact) mass is 522 g/mol. The Morgan fingerprint density at radius 2 is 1.60 bits per heavy atom. The Kier molecular flexibility index (Phi) is 6.66. The maximum Gasteiger partial charge on any atom is 0.243 e. The van der Waals surface area contributed by atoms with Gasteiger partial charge in [-0.2, -0.15) is 4.31 Å². The Hall–Kier alpha value is -2.03. The molecule has 2 aliphatic heterocycles. The van der Waals surface area contributed by atoms with E-state index >= 15 is 0 Å². The number of nitrogens with zero attached hydrogens (tertiary/aromatic N) is 2. The van der Waals surface area contributed by atoms with Crippen LogP contribution in [0.3, 0.4) is 0 Å². The Balaban J connectivity index is 1.56. The van der Waals surface area contributed by atoms with Crippen LogP contribution in [-0.4, -0.2) is 42.7 Å². The lowest BCUT2D eigenvalue weighted by Gasteiger charge is -2.45. The number of rotatable bonds is 6. The number of likely N-dealkylation sites (tertiary alicyclic amines) is 1. The van der Waals surface area contributed by atoms with E-state index in [4.69, 9.17) is 11.6 Å². The van der Waals surface area contributed by atoms with Crippen LogP contribution < -0.4 is 0 Å². The summed E-state index contributed by atoms with van der Waals surface area (Å²) >= 11 is 6.00. The summed E-state index contributed by atoms with van der Waals surface area (Å²) in [6.45, 7) is 1.50. The second kappa shape index (κ2) is 9.45. The van der Waals surface area contributed by atoms with E-state index in [1.54, 1.807) is 0 Å². The van der Waals surface area contributed by atoms with Gasteiger partial charge in [0.25, 0.3) is 0 Å². The van der Waals surface area contributed by atoms with E-state index in [-0.39, 0.29) is 10.8 Å². The minimum Gasteiger partial charge on any atom is -0.343 e. The number of carbonyl (C=O) groups excluding carboxylic acids is 1. The van der Waals surface area contributed by atoms with Crippen LogP contribution in [0.25, 0.3) is 0 Å². The Morgan fingerprint density at radius 1 is 0.971 bits per heavy atom. The summed E-state index contributed by atoms with van der Waals surface area (Å²) in [5, 5.41) is 0.415. The van der Waals surface area contributed by atoms with Gasteiger partial charge in [-0.3, -0.25) is 4.79 Å². The predicted molar refractivity (Wildman–Crippen MR) is 129 cm³/mol. The maximum atomic E-state index is 14.2. The number of amides is 1. The summed E-state index contributed by atoms with van der Waals surface area (Å²) in [4.78, 5) is 15.0. The molecule has 0 spiro atoms. The Labute approximate surface area is 210 Å². The van der Waals surface area contributed by atoms with Gasteiger partial charge in [-0.05, 0) is 92.3 Å². The van der Waals surface area contributed by atoms with Crippen molar-refractivity contribution in [3.63, 3.8) is 0 Å². The molecule has 2 aromatic carbocycles. The second-order valence-corrected chi connectivity index (χ2v) is 12.4. The van der Waals surface area contributed by atoms with Gasteiger partial charge >= 0.3 is 0 Å². The molecule has 35 heavy (non-hydrogen) atoms. The number of carbonyl (C=O) groups is 1. The third kappa shape index (κ3) is 4.85. The van der Waals surface area contributed by atoms with Gasteiger partial charge in [0.05, 0.1) is 10.9 Å². The lowest BCUT2D eigenvalue weighted by molar-refractivity contribution is -0.132. The highest BCUT2D eigenvalue weighted by Gasteiger charge is 2.57. The van der Waals surface area contributed by atoms with Crippen LogP contribution in [0.5, 0.6) is 0 Å². The summed E-state index contributed by atoms with van der Waals surface area (Å²) < 4.78 is 58.0. The maximum absolute atomic E-state index is 14.2. The van der Waals surface area contributed by atoms with Crippen LogP contribution in [-0.2, 0) is 14.8 Å². The molecule has 2 saturated heterocycles. The van der Waals surface area contributed by atoms with Gasteiger partial charge in [-0.15, -0.1) is 0 Å². The molecule has 188 valence electrons. The van der Waals surface area contributed by atoms with E-state index in [0.717, 1.165) is 44.8 Å². The topological polar surface area (TPSA) is 57.7 Å². The average Bonchev–Trinajstić information content (AvgIpc) is 3.37. The zero-order valence-corrected chi connectivity index (χ0v) is 21.0. The molecule has 2 atom stereocenters. The van der Waals surface area contributed by atoms with Crippen molar-refractivity contribution in [2.24, 2.45) is 5.41 Å². The lowest BCUT2D eigenvalue weighted by atomic mass is 9.83. The predicted octanol–water partition coefficient (Wildman–Crippen LogP) is 5.70. The van der Waals surface area contributed by atoms with E-state index in [1.807, 2.05) is 4.90 Å². The van der Waals surface area contributed by atoms with E-state index in [2.05, 4.69) is 0 Å². The highest BCUT2D eigenvalue weighted by Crippen LogP contribution is 2.58. The molecule has 0 unspecified atom stereocenters. The lowest BCUT2D eigenvalue weighted by Crippen LogP contribution is -2.51. The molecule has 5 rings (SSSR count). The molecular weight excluding hydrogens is 494 g/mol. The van der Waals surface area contributed by atoms with Crippen LogP contribution in [0.1, 0.15) is 63.0 Å². The molecule has 5 nitrogen and oxygen atoms in total. The van der Waals surface area contributed by atoms with Crippen molar-refractivity contribution in [2.45, 2.75) is 68.3 Å². The van der Waals surface area contributed by atoms with Gasteiger partial charge in [-0.25, -0.2) is 17.2 Å². The molecule has 1 saturated carbocycles. The molecule has 2 heterocycles. The first-order chi connectivity index (χ1) is 16.7. The molecule has 3 fully saturated rings. The van der Waals surface area contributed by atoms with E-state index in [9.17, 15) is 22.0 Å². The van der Waals surface area contributed by atoms with Crippen molar-refractivity contribution in [1.82, 2.24) is 9.21 Å². The van der Waals surface area contributed by atoms with Crippen molar-refractivity contribution >= 4 is 27.5 Å². The van der Waals surface area contributed by atoms with Crippen LogP contribution in [0.4, 0.5) is 8.78 Å². The molecule has 0 aromatic heterocycles. The van der Waals surface area contributed by atoms with E-state index < -0.39 is 39.2 Å². The summed E-state index contributed by atoms with van der Waals surface area (Å²) in [5.74, 6) is -1.41. The Morgan fingerprint density at radius 3 is 2.20 bits per heavy atom. The summed E-state index contributed by atoms with van der Waals surface area (Å²) in [6.07, 6.45) is 5.56. The minimum absolute atomic E-state index is 0.0720. The van der Waals surface area contributed by atoms with Crippen LogP contribution in [0.2, 0.25) is 5.02 Å². The highest BCUT2D eigenvalue weighted by atomic mass is 35.5. The quantitative estimate of drug-likeness (QED) is 0.489. The molecule has 2 aromatic rings. The van der Waals surface area contributed by atoms with Gasteiger partial charge in [0.15, 0.2) is 0 Å². The molecule has 0 radical (unpaired) electrons. The van der Waals surface area contributed by atoms with Crippen molar-refractivity contribution in [3.8, 4) is 0 Å². The summed E-state index contributed by atoms with van der Waals surface area (Å²) in [7, 11) is -4.04.